The average Bonchev–Trinajstić information content (AvgIpc) is 2.89. The zero-order chi connectivity index (χ0) is 30.7. The number of carbonyl (C=O) groups is 1. The molecule has 0 aromatic heterocycles. The number of aliphatic carboxylic acids is 1. The van der Waals surface area contributed by atoms with E-state index >= 15 is 0 Å². The lowest BCUT2D eigenvalue weighted by Crippen LogP contribution is -2.37. The summed E-state index contributed by atoms with van der Waals surface area (Å²) in [4.78, 5) is 20.7. The van der Waals surface area contributed by atoms with Crippen LogP contribution in [0.15, 0.2) is 0 Å². The predicted molar refractivity (Wildman–Crippen MR) is 166 cm³/mol. The van der Waals surface area contributed by atoms with Crippen molar-refractivity contribution in [3.8, 4) is 0 Å². The van der Waals surface area contributed by atoms with Crippen molar-refractivity contribution in [2.75, 3.05) is 60.7 Å². The Morgan fingerprint density at radius 1 is 0.683 bits per heavy atom. The third kappa shape index (κ3) is 32.2. The largest absolute Gasteiger partial charge is 0.481 e. The summed E-state index contributed by atoms with van der Waals surface area (Å²) in [6.07, 6.45) is 21.2. The number of nitrogens with zero attached hydrogens (tertiary/aromatic N) is 1. The Bertz CT molecular complexity index is 644. The normalized spacial score (nSPS) is 14.3. The van der Waals surface area contributed by atoms with Crippen LogP contribution in [0.5, 0.6) is 0 Å². The van der Waals surface area contributed by atoms with Crippen LogP contribution in [0.2, 0.25) is 0 Å². The molecule has 2 atom stereocenters. The third-order valence-electron chi connectivity index (χ3n) is 7.02. The molecule has 0 fully saturated rings. The van der Waals surface area contributed by atoms with E-state index in [0.29, 0.717) is 30.7 Å². The molecule has 10 heteroatoms. The number of rotatable bonds is 32. The number of carboxylic acid groups (broad SMARTS) is 1. The van der Waals surface area contributed by atoms with E-state index in [2.05, 4.69) is 6.92 Å². The molecule has 0 saturated carbocycles. The molecular weight excluding hydrogens is 545 g/mol. The Kier molecular flexibility index (Phi) is 26.7. The first kappa shape index (κ1) is 40.5. The second-order valence-corrected chi connectivity index (χ2v) is 13.8. The number of ether oxygens (including phenoxy) is 2. The van der Waals surface area contributed by atoms with Crippen molar-refractivity contribution in [2.45, 2.75) is 135 Å². The first-order chi connectivity index (χ1) is 19.6. The second-order valence-electron chi connectivity index (χ2n) is 12.3. The van der Waals surface area contributed by atoms with Crippen molar-refractivity contribution < 1.29 is 42.4 Å². The molecule has 0 radical (unpaired) electrons. The summed E-state index contributed by atoms with van der Waals surface area (Å²) in [5, 5.41) is 8.74. The number of quaternary nitrogens is 1. The topological polar surface area (TPSA) is 112 Å². The Hall–Kier alpha value is -0.540. The number of carboxylic acids is 1. The molecule has 0 bridgehead atoms. The Balaban J connectivity index is 4.08. The van der Waals surface area contributed by atoms with E-state index in [9.17, 15) is 14.3 Å². The summed E-state index contributed by atoms with van der Waals surface area (Å²) in [5.41, 5.74) is 0. The molecule has 0 saturated heterocycles. The Morgan fingerprint density at radius 2 is 1.17 bits per heavy atom. The van der Waals surface area contributed by atoms with Crippen molar-refractivity contribution in [1.29, 1.82) is 0 Å². The van der Waals surface area contributed by atoms with Gasteiger partial charge in [-0.2, -0.15) is 0 Å². The standard InChI is InChI=1S/C31H64NO8P/c1-5-6-7-8-9-10-11-12-13-14-15-16-18-21-25-37-28-30(38-26-22-19-17-20-23-31(33)34)29-40-41(35,36)39-27-24-32(2,3)4/h30H,5-29H2,1-4H3,(H-,33,34,35,36)/p+1. The Morgan fingerprint density at radius 3 is 1.68 bits per heavy atom. The van der Waals surface area contributed by atoms with Gasteiger partial charge in [0.2, 0.25) is 0 Å². The molecule has 9 nitrogen and oxygen atoms in total. The lowest BCUT2D eigenvalue weighted by Gasteiger charge is -2.24. The van der Waals surface area contributed by atoms with E-state index in [0.717, 1.165) is 32.1 Å². The molecular formula is C31H65NO8P+. The molecule has 41 heavy (non-hydrogen) atoms. The van der Waals surface area contributed by atoms with Gasteiger partial charge in [0, 0.05) is 19.6 Å². The summed E-state index contributed by atoms with van der Waals surface area (Å²) < 4.78 is 35.0. The summed E-state index contributed by atoms with van der Waals surface area (Å²) in [7, 11) is 1.77. The molecule has 0 aromatic carbocycles. The van der Waals surface area contributed by atoms with Crippen LogP contribution >= 0.6 is 7.82 Å². The molecule has 0 aromatic rings. The molecule has 0 aliphatic carbocycles. The average molecular weight is 611 g/mol. The highest BCUT2D eigenvalue weighted by Gasteiger charge is 2.25. The summed E-state index contributed by atoms with van der Waals surface area (Å²) in [5.74, 6) is -0.772. The number of unbranched alkanes of at least 4 members (excludes halogenated alkanes) is 16. The Labute approximate surface area is 251 Å². The van der Waals surface area contributed by atoms with Gasteiger partial charge in [-0.05, 0) is 19.3 Å². The van der Waals surface area contributed by atoms with E-state index in [1.54, 1.807) is 0 Å². The fraction of sp³-hybridized carbons (Fsp3) is 0.968. The monoisotopic (exact) mass is 610 g/mol. The van der Waals surface area contributed by atoms with Crippen LogP contribution in [-0.4, -0.2) is 87.3 Å². The molecule has 0 spiro atoms. The van der Waals surface area contributed by atoms with Crippen LogP contribution in [-0.2, 0) is 27.9 Å². The van der Waals surface area contributed by atoms with Gasteiger partial charge in [-0.1, -0.05) is 103 Å². The fourth-order valence-electron chi connectivity index (χ4n) is 4.38. The van der Waals surface area contributed by atoms with Crippen molar-refractivity contribution in [3.63, 3.8) is 0 Å². The van der Waals surface area contributed by atoms with Gasteiger partial charge in [-0.15, -0.1) is 0 Å². The van der Waals surface area contributed by atoms with Gasteiger partial charge in [-0.25, -0.2) is 4.57 Å². The highest BCUT2D eigenvalue weighted by molar-refractivity contribution is 7.47. The first-order valence-corrected chi connectivity index (χ1v) is 17.9. The number of phosphoric acid groups is 1. The quantitative estimate of drug-likeness (QED) is 0.0452. The van der Waals surface area contributed by atoms with Gasteiger partial charge in [-0.3, -0.25) is 13.8 Å². The molecule has 0 aliphatic heterocycles. The SMILES string of the molecule is CCCCCCCCCCCCCCCCOCC(COP(=O)(O)OCC[N+](C)(C)C)OCCCCCCC(=O)O. The minimum atomic E-state index is -4.17. The van der Waals surface area contributed by atoms with Crippen molar-refractivity contribution >= 4 is 13.8 Å². The van der Waals surface area contributed by atoms with Crippen molar-refractivity contribution in [1.82, 2.24) is 0 Å². The zero-order valence-corrected chi connectivity index (χ0v) is 27.9. The summed E-state index contributed by atoms with van der Waals surface area (Å²) in [6, 6.07) is 0. The minimum absolute atomic E-state index is 0.0874. The van der Waals surface area contributed by atoms with Gasteiger partial charge in [0.1, 0.15) is 19.3 Å². The van der Waals surface area contributed by atoms with Gasteiger partial charge < -0.3 is 24.0 Å². The lowest BCUT2D eigenvalue weighted by atomic mass is 10.0. The van der Waals surface area contributed by atoms with Crippen LogP contribution in [0.25, 0.3) is 0 Å². The molecule has 0 amide bonds. The smallest absolute Gasteiger partial charge is 0.472 e. The predicted octanol–water partition coefficient (Wildman–Crippen LogP) is 7.74. The molecule has 0 heterocycles. The summed E-state index contributed by atoms with van der Waals surface area (Å²) in [6.45, 7) is 4.25. The van der Waals surface area contributed by atoms with Crippen molar-refractivity contribution in [2.24, 2.45) is 0 Å². The van der Waals surface area contributed by atoms with Crippen LogP contribution < -0.4 is 0 Å². The van der Waals surface area contributed by atoms with E-state index in [1.807, 2.05) is 21.1 Å². The zero-order valence-electron chi connectivity index (χ0n) is 27.0. The summed E-state index contributed by atoms with van der Waals surface area (Å²) >= 11 is 0. The first-order valence-electron chi connectivity index (χ1n) is 16.4. The van der Waals surface area contributed by atoms with Gasteiger partial charge in [0.15, 0.2) is 0 Å². The maximum Gasteiger partial charge on any atom is 0.472 e. The third-order valence-corrected chi connectivity index (χ3v) is 8.01. The van der Waals surface area contributed by atoms with Crippen LogP contribution in [0.1, 0.15) is 129 Å². The van der Waals surface area contributed by atoms with Crippen LogP contribution in [0.4, 0.5) is 0 Å². The lowest BCUT2D eigenvalue weighted by molar-refractivity contribution is -0.870. The highest BCUT2D eigenvalue weighted by atomic mass is 31.2. The van der Waals surface area contributed by atoms with Crippen LogP contribution in [0.3, 0.4) is 0 Å². The highest BCUT2D eigenvalue weighted by Crippen LogP contribution is 2.43. The molecule has 0 aliphatic rings. The number of hydrogen-bond acceptors (Lipinski definition) is 6. The minimum Gasteiger partial charge on any atom is -0.481 e. The van der Waals surface area contributed by atoms with E-state index in [4.69, 9.17) is 23.6 Å². The number of hydrogen-bond donors (Lipinski definition) is 2. The molecule has 0 rings (SSSR count). The molecule has 2 N–H and O–H groups in total. The van der Waals surface area contributed by atoms with Gasteiger partial charge >= 0.3 is 13.8 Å². The van der Waals surface area contributed by atoms with Crippen molar-refractivity contribution in [3.05, 3.63) is 0 Å². The van der Waals surface area contributed by atoms with Gasteiger partial charge in [0.25, 0.3) is 0 Å². The van der Waals surface area contributed by atoms with E-state index in [-0.39, 0.29) is 26.2 Å². The van der Waals surface area contributed by atoms with Gasteiger partial charge in [0.05, 0.1) is 34.4 Å². The molecule has 246 valence electrons. The second kappa shape index (κ2) is 27.0. The maximum atomic E-state index is 12.3. The number of phosphoric ester groups is 1. The van der Waals surface area contributed by atoms with E-state index < -0.39 is 19.9 Å². The van der Waals surface area contributed by atoms with Crippen LogP contribution in [0, 0.1) is 0 Å². The fourth-order valence-corrected chi connectivity index (χ4v) is 5.13. The number of likely N-dealkylation sites (N-methyl/N-ethyl adjacent to an activating group) is 1. The van der Waals surface area contributed by atoms with E-state index in [1.165, 1.54) is 77.0 Å². The molecule has 2 unspecified atom stereocenters. The maximum absolute atomic E-state index is 12.3.